The van der Waals surface area contributed by atoms with E-state index in [1.165, 1.54) is 24.2 Å². The van der Waals surface area contributed by atoms with Crippen molar-refractivity contribution in [3.8, 4) is 0 Å². The molecule has 7 heteroatoms. The summed E-state index contributed by atoms with van der Waals surface area (Å²) in [5.74, 6) is -0.598. The van der Waals surface area contributed by atoms with Crippen LogP contribution in [-0.2, 0) is 19.1 Å². The largest absolute Gasteiger partial charge is 0.463 e. The number of likely N-dealkylation sites (N-methyl/N-ethyl adjacent to an activating group) is 1. The predicted octanol–water partition coefficient (Wildman–Crippen LogP) is 3.54. The van der Waals surface area contributed by atoms with Crippen LogP contribution < -0.4 is 10.6 Å². The highest BCUT2D eigenvalue weighted by atomic mass is 16.5. The fraction of sp³-hybridized carbons (Fsp3) is 0.783. The zero-order valence-corrected chi connectivity index (χ0v) is 21.1. The van der Waals surface area contributed by atoms with Gasteiger partial charge in [-0.1, -0.05) is 60.5 Å². The van der Waals surface area contributed by atoms with E-state index in [9.17, 15) is 14.4 Å². The van der Waals surface area contributed by atoms with E-state index in [2.05, 4.69) is 31.4 Å². The Morgan fingerprint density at radius 3 is 2.00 bits per heavy atom. The molecule has 1 atom stereocenters. The molecule has 2 amide bonds. The third-order valence-corrected chi connectivity index (χ3v) is 3.77. The van der Waals surface area contributed by atoms with Gasteiger partial charge in [0.15, 0.2) is 0 Å². The van der Waals surface area contributed by atoms with Crippen molar-refractivity contribution in [3.05, 3.63) is 11.6 Å². The van der Waals surface area contributed by atoms with E-state index >= 15 is 0 Å². The Morgan fingerprint density at radius 1 is 1.13 bits per heavy atom. The van der Waals surface area contributed by atoms with Gasteiger partial charge in [-0.05, 0) is 39.3 Å². The average Bonchev–Trinajstić information content (AvgIpc) is 2.68. The number of unbranched alkanes of at least 4 members (excludes halogenated alkanes) is 1. The van der Waals surface area contributed by atoms with E-state index in [1.807, 2.05) is 27.8 Å². The van der Waals surface area contributed by atoms with E-state index in [4.69, 9.17) is 4.74 Å². The van der Waals surface area contributed by atoms with Gasteiger partial charge in [-0.15, -0.1) is 0 Å². The molecule has 2 N–H and O–H groups in total. The second-order valence-electron chi connectivity index (χ2n) is 8.07. The Balaban J connectivity index is -0.000000676. The highest BCUT2D eigenvalue weighted by molar-refractivity contribution is 5.88. The third kappa shape index (κ3) is 18.2. The van der Waals surface area contributed by atoms with Crippen LogP contribution in [0.4, 0.5) is 0 Å². The smallest absolute Gasteiger partial charge is 0.333 e. The summed E-state index contributed by atoms with van der Waals surface area (Å²) in [6, 6.07) is -0.615. The molecule has 0 rings (SSSR count). The molecule has 0 aromatic carbocycles. The van der Waals surface area contributed by atoms with Crippen molar-refractivity contribution >= 4 is 18.3 Å². The molecule has 0 aliphatic rings. The number of nitrogens with one attached hydrogen (secondary N) is 2. The molecular weight excluding hydrogens is 382 g/mol. The Kier molecular flexibility index (Phi) is 22.3. The van der Waals surface area contributed by atoms with Gasteiger partial charge in [0, 0.05) is 19.2 Å². The van der Waals surface area contributed by atoms with Crippen LogP contribution in [0.25, 0.3) is 0 Å². The first-order chi connectivity index (χ1) is 14.0. The Bertz CT molecular complexity index is 481. The van der Waals surface area contributed by atoms with Gasteiger partial charge in [0.1, 0.15) is 6.04 Å². The quantitative estimate of drug-likeness (QED) is 0.240. The van der Waals surface area contributed by atoms with Crippen molar-refractivity contribution in [2.24, 2.45) is 5.41 Å². The molecule has 178 valence electrons. The Hall–Kier alpha value is -1.89. The number of ether oxygens (including phenoxy) is 1. The number of hydrogen-bond donors (Lipinski definition) is 2. The lowest BCUT2D eigenvalue weighted by Gasteiger charge is -2.32. The van der Waals surface area contributed by atoms with Crippen LogP contribution in [-0.4, -0.2) is 63.0 Å². The number of esters is 1. The van der Waals surface area contributed by atoms with Crippen LogP contribution in [0.5, 0.6) is 0 Å². The maximum absolute atomic E-state index is 12.3. The van der Waals surface area contributed by atoms with E-state index in [0.717, 1.165) is 6.54 Å². The minimum atomic E-state index is -0.615. The third-order valence-electron chi connectivity index (χ3n) is 3.77. The lowest BCUT2D eigenvalue weighted by atomic mass is 9.86. The van der Waals surface area contributed by atoms with Gasteiger partial charge in [-0.3, -0.25) is 9.59 Å². The summed E-state index contributed by atoms with van der Waals surface area (Å²) in [6.07, 6.45) is 6.01. The Labute approximate surface area is 185 Å². The van der Waals surface area contributed by atoms with Gasteiger partial charge in [0.25, 0.3) is 0 Å². The molecule has 0 heterocycles. The lowest BCUT2D eigenvalue weighted by molar-refractivity contribution is -0.138. The second-order valence-corrected chi connectivity index (χ2v) is 8.07. The minimum Gasteiger partial charge on any atom is -0.463 e. The maximum Gasteiger partial charge on any atom is 0.333 e. The van der Waals surface area contributed by atoms with Crippen molar-refractivity contribution in [3.63, 3.8) is 0 Å². The molecule has 0 saturated carbocycles. The van der Waals surface area contributed by atoms with Gasteiger partial charge in [0.2, 0.25) is 12.3 Å². The molecule has 0 spiro atoms. The van der Waals surface area contributed by atoms with Crippen molar-refractivity contribution in [1.82, 2.24) is 15.5 Å². The molecule has 1 unspecified atom stereocenters. The summed E-state index contributed by atoms with van der Waals surface area (Å²) >= 11 is 0. The van der Waals surface area contributed by atoms with Crippen LogP contribution in [0, 0.1) is 5.41 Å². The first-order valence-corrected chi connectivity index (χ1v) is 10.9. The molecule has 0 radical (unpaired) electrons. The summed E-state index contributed by atoms with van der Waals surface area (Å²) in [6.45, 7) is 17.2. The van der Waals surface area contributed by atoms with Crippen LogP contribution in [0.1, 0.15) is 74.7 Å². The van der Waals surface area contributed by atoms with Crippen molar-refractivity contribution in [2.75, 3.05) is 33.8 Å². The zero-order chi connectivity index (χ0) is 24.2. The standard InChI is InChI=1S/C15H26N2O4.C5H13N.C3H8/c1-7-21-14(20)11(2)8-9-17(6)13(19)12(16-10-18)15(3,4)5;1-3-4-5-6-2;1-3-2/h8,10,12H,7,9H2,1-6H3,(H,16,18);6H,3-5H2,1-2H3;3H2,1-2H3/b11-8+;;. The fourth-order valence-electron chi connectivity index (χ4n) is 2.03. The molecule has 0 aromatic heterocycles. The van der Waals surface area contributed by atoms with E-state index in [0.29, 0.717) is 18.6 Å². The molecule has 30 heavy (non-hydrogen) atoms. The van der Waals surface area contributed by atoms with Crippen molar-refractivity contribution in [1.29, 1.82) is 0 Å². The highest BCUT2D eigenvalue weighted by Crippen LogP contribution is 2.20. The molecule has 0 aliphatic carbocycles. The van der Waals surface area contributed by atoms with Gasteiger partial charge < -0.3 is 20.3 Å². The van der Waals surface area contributed by atoms with Gasteiger partial charge in [-0.25, -0.2) is 4.79 Å². The molecule has 0 saturated heterocycles. The van der Waals surface area contributed by atoms with Gasteiger partial charge >= 0.3 is 5.97 Å². The summed E-state index contributed by atoms with van der Waals surface area (Å²) in [7, 11) is 3.61. The monoisotopic (exact) mass is 429 g/mol. The van der Waals surface area contributed by atoms with E-state index in [-0.39, 0.29) is 12.5 Å². The highest BCUT2D eigenvalue weighted by Gasteiger charge is 2.32. The second kappa shape index (κ2) is 20.4. The number of rotatable bonds is 10. The van der Waals surface area contributed by atoms with Crippen molar-refractivity contribution < 1.29 is 19.1 Å². The number of nitrogens with zero attached hydrogens (tertiary/aromatic N) is 1. The summed E-state index contributed by atoms with van der Waals surface area (Å²) in [5.41, 5.74) is 0.0544. The van der Waals surface area contributed by atoms with Crippen LogP contribution in [0.2, 0.25) is 0 Å². The SMILES string of the molecule is CCC.CCCCNC.CCOC(=O)/C(C)=C/CN(C)C(=O)C(NC=O)C(C)(C)C. The first-order valence-electron chi connectivity index (χ1n) is 10.9. The molecule has 0 aromatic rings. The zero-order valence-electron chi connectivity index (χ0n) is 21.1. The minimum absolute atomic E-state index is 0.206. The number of hydrogen-bond acceptors (Lipinski definition) is 5. The Morgan fingerprint density at radius 2 is 1.67 bits per heavy atom. The topological polar surface area (TPSA) is 87.7 Å². The normalized spacial score (nSPS) is 11.7. The molecule has 0 bridgehead atoms. The lowest BCUT2D eigenvalue weighted by Crippen LogP contribution is -2.51. The van der Waals surface area contributed by atoms with Crippen LogP contribution >= 0.6 is 0 Å². The van der Waals surface area contributed by atoms with Crippen molar-refractivity contribution in [2.45, 2.75) is 80.7 Å². The first kappa shape index (κ1) is 32.8. The number of carbonyl (C=O) groups is 3. The number of amides is 2. The summed E-state index contributed by atoms with van der Waals surface area (Å²) in [5, 5.41) is 5.62. The van der Waals surface area contributed by atoms with E-state index in [1.54, 1.807) is 27.0 Å². The molecular formula is C23H47N3O4. The van der Waals surface area contributed by atoms with Gasteiger partial charge in [0.05, 0.1) is 6.61 Å². The fourth-order valence-corrected chi connectivity index (χ4v) is 2.03. The molecule has 0 aliphatic heterocycles. The van der Waals surface area contributed by atoms with E-state index < -0.39 is 17.4 Å². The number of carbonyl (C=O) groups excluding carboxylic acids is 3. The van der Waals surface area contributed by atoms with Gasteiger partial charge in [-0.2, -0.15) is 0 Å². The van der Waals surface area contributed by atoms with Crippen LogP contribution in [0.15, 0.2) is 11.6 Å². The molecule has 7 nitrogen and oxygen atoms in total. The average molecular weight is 430 g/mol. The van der Waals surface area contributed by atoms with Crippen LogP contribution in [0.3, 0.4) is 0 Å². The molecule has 0 fully saturated rings. The predicted molar refractivity (Wildman–Crippen MR) is 125 cm³/mol. The summed E-state index contributed by atoms with van der Waals surface area (Å²) < 4.78 is 4.87. The maximum atomic E-state index is 12.3. The summed E-state index contributed by atoms with van der Waals surface area (Å²) in [4.78, 5) is 35.9.